The number of nitrogens with zero attached hydrogens (tertiary/aromatic N) is 4. The predicted molar refractivity (Wildman–Crippen MR) is 118 cm³/mol. The molecule has 10 heteroatoms. The van der Waals surface area contributed by atoms with Crippen LogP contribution in [0.15, 0.2) is 34.9 Å². The van der Waals surface area contributed by atoms with E-state index in [0.717, 1.165) is 18.5 Å². The van der Waals surface area contributed by atoms with E-state index >= 15 is 0 Å². The molecule has 6 rings (SSSR count). The summed E-state index contributed by atoms with van der Waals surface area (Å²) in [5.74, 6) is -0.515. The molecule has 34 heavy (non-hydrogen) atoms. The first kappa shape index (κ1) is 20.9. The standard InChI is InChI=1S/C24H23N5O5/c1-29-8-7-24(32,23(29)31)18-11-15(28-34-18)12-3-2-4-13(9-12)22-26-16-10-14-5-6-17(33-14)19(16)20(27-22)21(25)30/h2-4,9,11,14,17,32H,5-8,10H2,1H3,(H2,25,30)/t14?,17?,24-/m0/s1. The van der Waals surface area contributed by atoms with Crippen molar-refractivity contribution in [2.45, 2.75) is 43.5 Å². The summed E-state index contributed by atoms with van der Waals surface area (Å²) in [5, 5.41) is 14.9. The van der Waals surface area contributed by atoms with Gasteiger partial charge in [-0.2, -0.15) is 0 Å². The topological polar surface area (TPSA) is 145 Å². The maximum absolute atomic E-state index is 12.4. The molecule has 0 saturated carbocycles. The van der Waals surface area contributed by atoms with Crippen molar-refractivity contribution in [3.63, 3.8) is 0 Å². The smallest absolute Gasteiger partial charge is 0.267 e. The second-order valence-corrected chi connectivity index (χ2v) is 9.14. The number of carbonyl (C=O) groups excluding carboxylic acids is 2. The predicted octanol–water partition coefficient (Wildman–Crippen LogP) is 1.72. The number of hydrogen-bond acceptors (Lipinski definition) is 8. The maximum Gasteiger partial charge on any atom is 0.267 e. The number of ether oxygens (including phenoxy) is 1. The molecule has 3 aromatic rings. The van der Waals surface area contributed by atoms with Gasteiger partial charge in [-0.1, -0.05) is 23.4 Å². The summed E-state index contributed by atoms with van der Waals surface area (Å²) in [4.78, 5) is 35.4. The van der Waals surface area contributed by atoms with Crippen molar-refractivity contribution in [1.29, 1.82) is 0 Å². The Bertz CT molecular complexity index is 1340. The molecule has 2 bridgehead atoms. The highest BCUT2D eigenvalue weighted by Gasteiger charge is 2.48. The first-order valence-electron chi connectivity index (χ1n) is 11.3. The van der Waals surface area contributed by atoms with Gasteiger partial charge in [0.2, 0.25) is 5.60 Å². The number of benzene rings is 1. The van der Waals surface area contributed by atoms with Crippen LogP contribution in [0.4, 0.5) is 0 Å². The minimum absolute atomic E-state index is 0.101. The number of aromatic nitrogens is 3. The number of primary amides is 1. The highest BCUT2D eigenvalue weighted by atomic mass is 16.5. The van der Waals surface area contributed by atoms with Gasteiger partial charge in [-0.05, 0) is 18.9 Å². The molecule has 3 aliphatic heterocycles. The van der Waals surface area contributed by atoms with Crippen LogP contribution in [0.3, 0.4) is 0 Å². The number of amides is 2. The van der Waals surface area contributed by atoms with Crippen molar-refractivity contribution in [2.75, 3.05) is 13.6 Å². The van der Waals surface area contributed by atoms with Crippen molar-refractivity contribution < 1.29 is 24.0 Å². The Hall–Kier alpha value is -3.63. The van der Waals surface area contributed by atoms with Crippen molar-refractivity contribution in [1.82, 2.24) is 20.0 Å². The van der Waals surface area contributed by atoms with E-state index in [1.54, 1.807) is 13.1 Å². The highest BCUT2D eigenvalue weighted by Crippen LogP contribution is 2.42. The summed E-state index contributed by atoms with van der Waals surface area (Å²) < 4.78 is 11.3. The summed E-state index contributed by atoms with van der Waals surface area (Å²) in [5.41, 5.74) is 7.51. The van der Waals surface area contributed by atoms with Gasteiger partial charge in [0.1, 0.15) is 11.4 Å². The molecule has 0 aliphatic carbocycles. The molecule has 0 radical (unpaired) electrons. The van der Waals surface area contributed by atoms with E-state index in [0.29, 0.717) is 41.2 Å². The third kappa shape index (κ3) is 3.13. The van der Waals surface area contributed by atoms with Gasteiger partial charge >= 0.3 is 0 Å². The lowest BCUT2D eigenvalue weighted by Gasteiger charge is -2.24. The van der Waals surface area contributed by atoms with Crippen LogP contribution in [0.25, 0.3) is 22.6 Å². The molecule has 5 heterocycles. The molecule has 3 aliphatic rings. The zero-order valence-corrected chi connectivity index (χ0v) is 18.5. The lowest BCUT2D eigenvalue weighted by Crippen LogP contribution is -2.35. The number of aliphatic hydroxyl groups is 1. The van der Waals surface area contributed by atoms with Crippen LogP contribution in [0, 0.1) is 0 Å². The summed E-state index contributed by atoms with van der Waals surface area (Å²) in [6.07, 6.45) is 2.52. The number of fused-ring (bicyclic) bond motifs is 4. The van der Waals surface area contributed by atoms with Crippen molar-refractivity contribution in [3.05, 3.63) is 53.0 Å². The van der Waals surface area contributed by atoms with Gasteiger partial charge in [-0.25, -0.2) is 9.97 Å². The number of likely N-dealkylation sites (N-methyl/N-ethyl adjacent to an activating group) is 1. The Morgan fingerprint density at radius 3 is 2.82 bits per heavy atom. The van der Waals surface area contributed by atoms with E-state index in [9.17, 15) is 14.7 Å². The second-order valence-electron chi connectivity index (χ2n) is 9.14. The average Bonchev–Trinajstić information content (AvgIpc) is 3.55. The number of likely N-dealkylation sites (tertiary alicyclic amines) is 1. The summed E-state index contributed by atoms with van der Waals surface area (Å²) in [6, 6.07) is 8.90. The Morgan fingerprint density at radius 2 is 2.06 bits per heavy atom. The van der Waals surface area contributed by atoms with E-state index < -0.39 is 17.4 Å². The molecule has 2 fully saturated rings. The molecule has 1 aromatic carbocycles. The molecular formula is C24H23N5O5. The van der Waals surface area contributed by atoms with E-state index in [4.69, 9.17) is 20.0 Å². The van der Waals surface area contributed by atoms with Crippen molar-refractivity contribution in [2.24, 2.45) is 5.73 Å². The van der Waals surface area contributed by atoms with E-state index in [1.807, 2.05) is 24.3 Å². The monoisotopic (exact) mass is 461 g/mol. The van der Waals surface area contributed by atoms with Crippen LogP contribution in [0.1, 0.15) is 52.9 Å². The fraction of sp³-hybridized carbons (Fsp3) is 0.375. The molecule has 0 spiro atoms. The molecule has 2 aromatic heterocycles. The largest absolute Gasteiger partial charge is 0.373 e. The fourth-order valence-corrected chi connectivity index (χ4v) is 5.12. The van der Waals surface area contributed by atoms with Gasteiger partial charge in [0.15, 0.2) is 11.6 Å². The molecule has 3 atom stereocenters. The van der Waals surface area contributed by atoms with E-state index in [1.165, 1.54) is 4.90 Å². The minimum Gasteiger partial charge on any atom is -0.373 e. The Morgan fingerprint density at radius 1 is 1.24 bits per heavy atom. The molecule has 10 nitrogen and oxygen atoms in total. The van der Waals surface area contributed by atoms with Gasteiger partial charge in [-0.15, -0.1) is 0 Å². The van der Waals surface area contributed by atoms with Crippen molar-refractivity contribution >= 4 is 11.8 Å². The van der Waals surface area contributed by atoms with Crippen LogP contribution in [0.2, 0.25) is 0 Å². The third-order valence-corrected chi connectivity index (χ3v) is 6.95. The second kappa shape index (κ2) is 7.44. The normalized spacial score (nSPS) is 25.6. The number of rotatable bonds is 4. The van der Waals surface area contributed by atoms with Gasteiger partial charge in [0.25, 0.3) is 11.8 Å². The summed E-state index contributed by atoms with van der Waals surface area (Å²) in [6.45, 7) is 0.436. The molecule has 3 N–H and O–H groups in total. The van der Waals surface area contributed by atoms with Crippen molar-refractivity contribution in [3.8, 4) is 22.6 Å². The van der Waals surface area contributed by atoms with E-state index in [-0.39, 0.29) is 30.1 Å². The quantitative estimate of drug-likeness (QED) is 0.597. The minimum atomic E-state index is -1.71. The van der Waals surface area contributed by atoms with Gasteiger partial charge in [-0.3, -0.25) is 9.59 Å². The first-order valence-corrected chi connectivity index (χ1v) is 11.3. The first-order chi connectivity index (χ1) is 16.3. The van der Waals surface area contributed by atoms with Crippen LogP contribution >= 0.6 is 0 Å². The zero-order chi connectivity index (χ0) is 23.6. The summed E-state index contributed by atoms with van der Waals surface area (Å²) >= 11 is 0. The number of nitrogens with two attached hydrogens (primary N) is 1. The SMILES string of the molecule is CN1CC[C@](O)(c2cc(-c3cccc(-c4nc5c(c(C(N)=O)n4)C4CCC(C5)O4)c3)no2)C1=O. The third-order valence-electron chi connectivity index (χ3n) is 6.95. The molecule has 2 amide bonds. The molecule has 2 saturated heterocycles. The number of hydrogen-bond donors (Lipinski definition) is 2. The zero-order valence-electron chi connectivity index (χ0n) is 18.5. The fourth-order valence-electron chi connectivity index (χ4n) is 5.12. The van der Waals surface area contributed by atoms with Crippen LogP contribution in [0.5, 0.6) is 0 Å². The maximum atomic E-state index is 12.4. The van der Waals surface area contributed by atoms with Crippen LogP contribution in [-0.2, 0) is 21.6 Å². The lowest BCUT2D eigenvalue weighted by molar-refractivity contribution is -0.144. The lowest BCUT2D eigenvalue weighted by atomic mass is 9.97. The van der Waals surface area contributed by atoms with Gasteiger partial charge in [0.05, 0.1) is 17.9 Å². The molecule has 2 unspecified atom stereocenters. The Labute approximate surface area is 194 Å². The molecule has 174 valence electrons. The molecular weight excluding hydrogens is 438 g/mol. The summed E-state index contributed by atoms with van der Waals surface area (Å²) in [7, 11) is 1.64. The average molecular weight is 461 g/mol. The highest BCUT2D eigenvalue weighted by molar-refractivity contribution is 5.93. The van der Waals surface area contributed by atoms with Gasteiger partial charge < -0.3 is 25.0 Å². The Balaban J connectivity index is 1.38. The Kier molecular flexibility index (Phi) is 4.58. The van der Waals surface area contributed by atoms with E-state index in [2.05, 4.69) is 10.1 Å². The van der Waals surface area contributed by atoms with Gasteiger partial charge in [0, 0.05) is 49.2 Å². The van der Waals surface area contributed by atoms with Crippen LogP contribution < -0.4 is 5.73 Å². The van der Waals surface area contributed by atoms with Crippen LogP contribution in [-0.4, -0.2) is 56.6 Å². The number of carbonyl (C=O) groups is 2.